The van der Waals surface area contributed by atoms with Crippen molar-refractivity contribution in [3.05, 3.63) is 0 Å². The predicted octanol–water partition coefficient (Wildman–Crippen LogP) is 2.55. The van der Waals surface area contributed by atoms with Gasteiger partial charge in [0.2, 0.25) is 0 Å². The summed E-state index contributed by atoms with van der Waals surface area (Å²) in [6.07, 6.45) is 5.43. The van der Waals surface area contributed by atoms with Crippen molar-refractivity contribution < 1.29 is 0 Å². The van der Waals surface area contributed by atoms with Crippen molar-refractivity contribution in [2.24, 2.45) is 17.1 Å². The first-order valence-corrected chi connectivity index (χ1v) is 4.77. The highest BCUT2D eigenvalue weighted by atomic mass is 14.6. The SMILES string of the molecule is C[C@@H](N)C1CCCC(C)(C)C1. The molecule has 0 aromatic carbocycles. The van der Waals surface area contributed by atoms with Crippen molar-refractivity contribution in [3.63, 3.8) is 0 Å². The summed E-state index contributed by atoms with van der Waals surface area (Å²) >= 11 is 0. The lowest BCUT2D eigenvalue weighted by Gasteiger charge is -2.36. The monoisotopic (exact) mass is 155 g/mol. The van der Waals surface area contributed by atoms with Crippen LogP contribution < -0.4 is 5.73 Å². The van der Waals surface area contributed by atoms with Gasteiger partial charge in [0.25, 0.3) is 0 Å². The van der Waals surface area contributed by atoms with Gasteiger partial charge in [0, 0.05) is 6.04 Å². The third-order valence-corrected chi connectivity index (χ3v) is 2.99. The first kappa shape index (κ1) is 9.05. The Hall–Kier alpha value is -0.0400. The van der Waals surface area contributed by atoms with Crippen LogP contribution in [0.5, 0.6) is 0 Å². The maximum absolute atomic E-state index is 5.89. The highest BCUT2D eigenvalue weighted by molar-refractivity contribution is 4.82. The van der Waals surface area contributed by atoms with Gasteiger partial charge in [0.1, 0.15) is 0 Å². The zero-order valence-corrected chi connectivity index (χ0v) is 8.06. The normalized spacial score (nSPS) is 33.3. The van der Waals surface area contributed by atoms with Crippen LogP contribution in [0.15, 0.2) is 0 Å². The smallest absolute Gasteiger partial charge is 0.00389 e. The van der Waals surface area contributed by atoms with Crippen LogP contribution in [0, 0.1) is 11.3 Å². The summed E-state index contributed by atoms with van der Waals surface area (Å²) in [5.41, 5.74) is 6.44. The van der Waals surface area contributed by atoms with E-state index in [1.165, 1.54) is 25.7 Å². The average molecular weight is 155 g/mol. The van der Waals surface area contributed by atoms with Gasteiger partial charge in [-0.15, -0.1) is 0 Å². The number of nitrogens with two attached hydrogens (primary N) is 1. The first-order chi connectivity index (χ1) is 5.01. The van der Waals surface area contributed by atoms with Gasteiger partial charge in [-0.1, -0.05) is 20.3 Å². The van der Waals surface area contributed by atoms with Gasteiger partial charge in [-0.3, -0.25) is 0 Å². The van der Waals surface area contributed by atoms with Gasteiger partial charge in [0.15, 0.2) is 0 Å². The summed E-state index contributed by atoms with van der Waals surface area (Å²) < 4.78 is 0. The highest BCUT2D eigenvalue weighted by Crippen LogP contribution is 2.39. The van der Waals surface area contributed by atoms with Gasteiger partial charge in [0.05, 0.1) is 0 Å². The molecule has 0 aliphatic heterocycles. The number of hydrogen-bond donors (Lipinski definition) is 1. The van der Waals surface area contributed by atoms with Crippen LogP contribution in [-0.2, 0) is 0 Å². The maximum Gasteiger partial charge on any atom is 0.00389 e. The van der Waals surface area contributed by atoms with E-state index < -0.39 is 0 Å². The van der Waals surface area contributed by atoms with Crippen LogP contribution in [0.25, 0.3) is 0 Å². The van der Waals surface area contributed by atoms with Gasteiger partial charge in [-0.25, -0.2) is 0 Å². The Morgan fingerprint density at radius 2 is 2.09 bits per heavy atom. The molecule has 66 valence electrons. The van der Waals surface area contributed by atoms with E-state index in [0.29, 0.717) is 11.5 Å². The summed E-state index contributed by atoms with van der Waals surface area (Å²) in [4.78, 5) is 0. The molecule has 0 aromatic rings. The molecule has 1 heteroatoms. The molecule has 1 fully saturated rings. The van der Waals surface area contributed by atoms with Crippen LogP contribution in [0.4, 0.5) is 0 Å². The van der Waals surface area contributed by atoms with E-state index in [1.807, 2.05) is 0 Å². The zero-order chi connectivity index (χ0) is 8.48. The minimum Gasteiger partial charge on any atom is -0.328 e. The van der Waals surface area contributed by atoms with Gasteiger partial charge < -0.3 is 5.73 Å². The van der Waals surface area contributed by atoms with E-state index >= 15 is 0 Å². The van der Waals surface area contributed by atoms with E-state index in [0.717, 1.165) is 5.92 Å². The van der Waals surface area contributed by atoms with Crippen molar-refractivity contribution >= 4 is 0 Å². The molecule has 0 aromatic heterocycles. The Morgan fingerprint density at radius 3 is 2.45 bits per heavy atom. The molecule has 0 bridgehead atoms. The Morgan fingerprint density at radius 1 is 1.45 bits per heavy atom. The van der Waals surface area contributed by atoms with Crippen molar-refractivity contribution in [2.75, 3.05) is 0 Å². The Labute approximate surface area is 70.4 Å². The summed E-state index contributed by atoms with van der Waals surface area (Å²) in [7, 11) is 0. The molecule has 1 aliphatic rings. The van der Waals surface area contributed by atoms with Crippen LogP contribution >= 0.6 is 0 Å². The molecule has 1 rings (SSSR count). The Kier molecular flexibility index (Phi) is 2.58. The van der Waals surface area contributed by atoms with Crippen LogP contribution in [-0.4, -0.2) is 6.04 Å². The summed E-state index contributed by atoms with van der Waals surface area (Å²) in [5, 5.41) is 0. The van der Waals surface area contributed by atoms with E-state index in [1.54, 1.807) is 0 Å². The van der Waals surface area contributed by atoms with Crippen LogP contribution in [0.3, 0.4) is 0 Å². The van der Waals surface area contributed by atoms with Crippen molar-refractivity contribution in [1.82, 2.24) is 0 Å². The Bertz CT molecular complexity index is 127. The zero-order valence-electron chi connectivity index (χ0n) is 8.06. The first-order valence-electron chi connectivity index (χ1n) is 4.77. The highest BCUT2D eigenvalue weighted by Gasteiger charge is 2.29. The lowest BCUT2D eigenvalue weighted by molar-refractivity contribution is 0.164. The van der Waals surface area contributed by atoms with E-state index in [2.05, 4.69) is 20.8 Å². The molecule has 1 aliphatic carbocycles. The second kappa shape index (κ2) is 3.14. The van der Waals surface area contributed by atoms with Crippen molar-refractivity contribution in [1.29, 1.82) is 0 Å². The minimum atomic E-state index is 0.398. The maximum atomic E-state index is 5.89. The summed E-state index contributed by atoms with van der Waals surface area (Å²) in [5.74, 6) is 0.777. The molecule has 0 radical (unpaired) electrons. The fourth-order valence-electron chi connectivity index (χ4n) is 2.21. The standard InChI is InChI=1S/C10H21N/c1-8(11)9-5-4-6-10(2,3)7-9/h8-9H,4-7,11H2,1-3H3/t8-,9?/m1/s1. The molecule has 0 amide bonds. The molecule has 0 spiro atoms. The van der Waals surface area contributed by atoms with Crippen molar-refractivity contribution in [2.45, 2.75) is 52.5 Å². The van der Waals surface area contributed by atoms with Gasteiger partial charge in [-0.05, 0) is 37.5 Å². The lowest BCUT2D eigenvalue weighted by Crippen LogP contribution is -2.33. The lowest BCUT2D eigenvalue weighted by atomic mass is 9.70. The number of rotatable bonds is 1. The minimum absolute atomic E-state index is 0.398. The molecule has 1 saturated carbocycles. The second-order valence-electron chi connectivity index (χ2n) is 4.88. The number of hydrogen-bond acceptors (Lipinski definition) is 1. The molecule has 1 unspecified atom stereocenters. The summed E-state index contributed by atoms with van der Waals surface area (Å²) in [6, 6.07) is 0.398. The predicted molar refractivity (Wildman–Crippen MR) is 49.4 cm³/mol. The Balaban J connectivity index is 2.46. The average Bonchev–Trinajstić information content (AvgIpc) is 1.85. The fourth-order valence-corrected chi connectivity index (χ4v) is 2.21. The molecular weight excluding hydrogens is 134 g/mol. The van der Waals surface area contributed by atoms with E-state index in [-0.39, 0.29) is 0 Å². The van der Waals surface area contributed by atoms with Gasteiger partial charge >= 0.3 is 0 Å². The van der Waals surface area contributed by atoms with Gasteiger partial charge in [-0.2, -0.15) is 0 Å². The van der Waals surface area contributed by atoms with Crippen LogP contribution in [0.2, 0.25) is 0 Å². The third-order valence-electron chi connectivity index (χ3n) is 2.99. The third kappa shape index (κ3) is 2.48. The second-order valence-corrected chi connectivity index (χ2v) is 4.88. The molecular formula is C10H21N. The summed E-state index contributed by atoms with van der Waals surface area (Å²) in [6.45, 7) is 6.87. The molecule has 2 N–H and O–H groups in total. The quantitative estimate of drug-likeness (QED) is 0.618. The molecule has 1 nitrogen and oxygen atoms in total. The molecule has 2 atom stereocenters. The van der Waals surface area contributed by atoms with E-state index in [4.69, 9.17) is 5.73 Å². The van der Waals surface area contributed by atoms with E-state index in [9.17, 15) is 0 Å². The molecule has 11 heavy (non-hydrogen) atoms. The largest absolute Gasteiger partial charge is 0.328 e. The molecule has 0 heterocycles. The topological polar surface area (TPSA) is 26.0 Å². The molecule has 0 saturated heterocycles. The fraction of sp³-hybridized carbons (Fsp3) is 1.00. The van der Waals surface area contributed by atoms with Crippen molar-refractivity contribution in [3.8, 4) is 0 Å². The van der Waals surface area contributed by atoms with Crippen LogP contribution in [0.1, 0.15) is 46.5 Å².